The molecular formula is C10H16N4O2S. The van der Waals surface area contributed by atoms with Crippen molar-refractivity contribution in [2.45, 2.75) is 31.7 Å². The molecular weight excluding hydrogens is 240 g/mol. The summed E-state index contributed by atoms with van der Waals surface area (Å²) in [6.45, 7) is 0.426. The van der Waals surface area contributed by atoms with Crippen LogP contribution in [0.3, 0.4) is 0 Å². The summed E-state index contributed by atoms with van der Waals surface area (Å²) in [5.74, 6) is 0. The fourth-order valence-electron chi connectivity index (χ4n) is 1.51. The summed E-state index contributed by atoms with van der Waals surface area (Å²) in [5.41, 5.74) is 0. The fourth-order valence-corrected chi connectivity index (χ4v) is 3.10. The second-order valence-electron chi connectivity index (χ2n) is 3.99. The first-order chi connectivity index (χ1) is 8.04. The predicted octanol–water partition coefficient (Wildman–Crippen LogP) is 0.455. The highest BCUT2D eigenvalue weighted by molar-refractivity contribution is 7.86. The van der Waals surface area contributed by atoms with E-state index in [0.717, 1.165) is 12.8 Å². The first-order valence-corrected chi connectivity index (χ1v) is 6.90. The first kappa shape index (κ1) is 13.9. The molecule has 0 aliphatic heterocycles. The second-order valence-corrected chi connectivity index (χ2v) is 5.98. The third kappa shape index (κ3) is 3.67. The van der Waals surface area contributed by atoms with Crippen molar-refractivity contribution in [1.82, 2.24) is 8.61 Å². The highest BCUT2D eigenvalue weighted by Crippen LogP contribution is 2.30. The second kappa shape index (κ2) is 5.97. The van der Waals surface area contributed by atoms with Crippen molar-refractivity contribution in [3.8, 4) is 12.1 Å². The lowest BCUT2D eigenvalue weighted by molar-refractivity contribution is 0.359. The van der Waals surface area contributed by atoms with Gasteiger partial charge in [0.15, 0.2) is 0 Å². The Hall–Kier alpha value is -1.15. The summed E-state index contributed by atoms with van der Waals surface area (Å²) in [6, 6.07) is 3.92. The molecule has 0 N–H and O–H groups in total. The summed E-state index contributed by atoms with van der Waals surface area (Å²) in [5, 5.41) is 17.0. The van der Waals surface area contributed by atoms with Crippen molar-refractivity contribution in [1.29, 1.82) is 10.5 Å². The van der Waals surface area contributed by atoms with Crippen LogP contribution < -0.4 is 0 Å². The van der Waals surface area contributed by atoms with Gasteiger partial charge in [-0.1, -0.05) is 0 Å². The lowest BCUT2D eigenvalue weighted by atomic mass is 10.4. The Morgan fingerprint density at radius 1 is 1.18 bits per heavy atom. The van der Waals surface area contributed by atoms with E-state index in [-0.39, 0.29) is 32.0 Å². The highest BCUT2D eigenvalue weighted by atomic mass is 32.2. The zero-order valence-electron chi connectivity index (χ0n) is 9.83. The quantitative estimate of drug-likeness (QED) is 0.661. The molecule has 1 saturated carbocycles. The Balaban J connectivity index is 2.70. The van der Waals surface area contributed by atoms with Crippen molar-refractivity contribution in [3.63, 3.8) is 0 Å². The molecule has 0 saturated heterocycles. The van der Waals surface area contributed by atoms with Crippen LogP contribution in [0.1, 0.15) is 25.7 Å². The summed E-state index contributed by atoms with van der Waals surface area (Å²) in [6.07, 6.45) is 2.09. The van der Waals surface area contributed by atoms with E-state index in [2.05, 4.69) is 0 Å². The van der Waals surface area contributed by atoms with Crippen LogP contribution in [-0.2, 0) is 10.2 Å². The Morgan fingerprint density at radius 3 is 2.18 bits per heavy atom. The van der Waals surface area contributed by atoms with Gasteiger partial charge in [0, 0.05) is 39.0 Å². The molecule has 6 nitrogen and oxygen atoms in total. The average Bonchev–Trinajstić information content (AvgIpc) is 3.10. The molecule has 0 unspecified atom stereocenters. The molecule has 0 aromatic heterocycles. The maximum Gasteiger partial charge on any atom is 0.282 e. The van der Waals surface area contributed by atoms with Gasteiger partial charge in [-0.15, -0.1) is 0 Å². The van der Waals surface area contributed by atoms with Crippen LogP contribution in [0.5, 0.6) is 0 Å². The Morgan fingerprint density at radius 2 is 1.71 bits per heavy atom. The van der Waals surface area contributed by atoms with Gasteiger partial charge in [-0.3, -0.25) is 0 Å². The molecule has 0 radical (unpaired) electrons. The molecule has 0 atom stereocenters. The average molecular weight is 256 g/mol. The van der Waals surface area contributed by atoms with E-state index in [0.29, 0.717) is 0 Å². The first-order valence-electron chi connectivity index (χ1n) is 5.51. The molecule has 94 valence electrons. The molecule has 0 heterocycles. The predicted molar refractivity (Wildman–Crippen MR) is 61.7 cm³/mol. The summed E-state index contributed by atoms with van der Waals surface area (Å²) in [4.78, 5) is 0. The van der Waals surface area contributed by atoms with Gasteiger partial charge in [-0.2, -0.15) is 27.6 Å². The molecule has 0 amide bonds. The topological polar surface area (TPSA) is 88.2 Å². The SMILES string of the molecule is CN(CCC#N)S(=O)(=O)N(CCC#N)C1CC1. The standard InChI is InChI=1S/C10H16N4O2S/c1-13(8-2-6-11)17(15,16)14(9-3-7-12)10-4-5-10/h10H,2-5,8-9H2,1H3. The van der Waals surface area contributed by atoms with Gasteiger partial charge in [0.25, 0.3) is 10.2 Å². The number of hydrogen-bond acceptors (Lipinski definition) is 4. The van der Waals surface area contributed by atoms with Gasteiger partial charge in [-0.25, -0.2) is 0 Å². The number of hydrogen-bond donors (Lipinski definition) is 0. The highest BCUT2D eigenvalue weighted by Gasteiger charge is 2.38. The summed E-state index contributed by atoms with van der Waals surface area (Å²) >= 11 is 0. The minimum Gasteiger partial charge on any atom is -0.198 e. The van der Waals surface area contributed by atoms with Crippen LogP contribution in [0.2, 0.25) is 0 Å². The van der Waals surface area contributed by atoms with Gasteiger partial charge in [0.05, 0.1) is 12.1 Å². The van der Waals surface area contributed by atoms with Gasteiger partial charge in [-0.05, 0) is 12.8 Å². The lowest BCUT2D eigenvalue weighted by Gasteiger charge is -2.26. The fraction of sp³-hybridized carbons (Fsp3) is 0.800. The van der Waals surface area contributed by atoms with E-state index in [1.54, 1.807) is 0 Å². The van der Waals surface area contributed by atoms with E-state index in [1.807, 2.05) is 12.1 Å². The maximum absolute atomic E-state index is 12.2. The van der Waals surface area contributed by atoms with E-state index >= 15 is 0 Å². The minimum absolute atomic E-state index is 0.0397. The normalized spacial score (nSPS) is 15.8. The Bertz CT molecular complexity index is 430. The molecule has 17 heavy (non-hydrogen) atoms. The Labute approximate surface area is 102 Å². The van der Waals surface area contributed by atoms with Crippen LogP contribution in [0.4, 0.5) is 0 Å². The number of nitrogens with zero attached hydrogens (tertiary/aromatic N) is 4. The van der Waals surface area contributed by atoms with Crippen LogP contribution in [0.25, 0.3) is 0 Å². The molecule has 1 aliphatic carbocycles. The van der Waals surface area contributed by atoms with Crippen molar-refractivity contribution < 1.29 is 8.42 Å². The lowest BCUT2D eigenvalue weighted by Crippen LogP contribution is -2.43. The van der Waals surface area contributed by atoms with Crippen LogP contribution in [0, 0.1) is 22.7 Å². The summed E-state index contributed by atoms with van der Waals surface area (Å²) in [7, 11) is -2.05. The summed E-state index contributed by atoms with van der Waals surface area (Å²) < 4.78 is 26.9. The largest absolute Gasteiger partial charge is 0.282 e. The minimum atomic E-state index is -3.52. The molecule has 1 rings (SSSR count). The molecule has 0 bridgehead atoms. The van der Waals surface area contributed by atoms with Gasteiger partial charge in [0.2, 0.25) is 0 Å². The monoisotopic (exact) mass is 256 g/mol. The van der Waals surface area contributed by atoms with Crippen molar-refractivity contribution in [2.75, 3.05) is 20.1 Å². The Kier molecular flexibility index (Phi) is 4.88. The van der Waals surface area contributed by atoms with E-state index in [1.165, 1.54) is 15.7 Å². The maximum atomic E-state index is 12.2. The van der Waals surface area contributed by atoms with Gasteiger partial charge in [0.1, 0.15) is 0 Å². The smallest absolute Gasteiger partial charge is 0.198 e. The van der Waals surface area contributed by atoms with Crippen molar-refractivity contribution >= 4 is 10.2 Å². The van der Waals surface area contributed by atoms with E-state index in [4.69, 9.17) is 10.5 Å². The van der Waals surface area contributed by atoms with Crippen molar-refractivity contribution in [2.24, 2.45) is 0 Å². The van der Waals surface area contributed by atoms with Gasteiger partial charge >= 0.3 is 0 Å². The molecule has 0 spiro atoms. The molecule has 0 aromatic rings. The number of nitriles is 2. The van der Waals surface area contributed by atoms with Crippen molar-refractivity contribution in [3.05, 3.63) is 0 Å². The molecule has 0 aromatic carbocycles. The third-order valence-electron chi connectivity index (χ3n) is 2.63. The molecule has 7 heteroatoms. The zero-order valence-corrected chi connectivity index (χ0v) is 10.7. The number of rotatable bonds is 7. The van der Waals surface area contributed by atoms with Crippen LogP contribution >= 0.6 is 0 Å². The van der Waals surface area contributed by atoms with E-state index < -0.39 is 10.2 Å². The van der Waals surface area contributed by atoms with Gasteiger partial charge < -0.3 is 0 Å². The molecule has 1 fully saturated rings. The van der Waals surface area contributed by atoms with E-state index in [9.17, 15) is 8.42 Å². The zero-order chi connectivity index (χ0) is 12.9. The third-order valence-corrected chi connectivity index (χ3v) is 4.67. The molecule has 1 aliphatic rings. The van der Waals surface area contributed by atoms with Crippen LogP contribution in [0.15, 0.2) is 0 Å². The van der Waals surface area contributed by atoms with Crippen LogP contribution in [-0.4, -0.2) is 43.2 Å².